The lowest BCUT2D eigenvalue weighted by Crippen LogP contribution is -2.30. The van der Waals surface area contributed by atoms with Crippen molar-refractivity contribution in [3.63, 3.8) is 0 Å². The number of rotatable bonds is 4. The minimum atomic E-state index is 0.323. The van der Waals surface area contributed by atoms with Gasteiger partial charge in [-0.2, -0.15) is 0 Å². The van der Waals surface area contributed by atoms with E-state index in [4.69, 9.17) is 11.6 Å². The zero-order valence-electron chi connectivity index (χ0n) is 10.9. The standard InChI is InChI=1S/C14H27Cl/c1-5-12-6-8-13(9-7-12)14(3,4)10-11(2)15/h11-13H,5-10H2,1-4H3. The van der Waals surface area contributed by atoms with Crippen LogP contribution in [0.25, 0.3) is 0 Å². The molecule has 1 saturated carbocycles. The van der Waals surface area contributed by atoms with Crippen molar-refractivity contribution in [1.82, 2.24) is 0 Å². The molecule has 1 unspecified atom stereocenters. The quantitative estimate of drug-likeness (QED) is 0.579. The molecular formula is C14H27Cl. The van der Waals surface area contributed by atoms with Crippen molar-refractivity contribution in [3.8, 4) is 0 Å². The molecular weight excluding hydrogens is 204 g/mol. The van der Waals surface area contributed by atoms with Gasteiger partial charge in [0.25, 0.3) is 0 Å². The Labute approximate surface area is 101 Å². The van der Waals surface area contributed by atoms with E-state index >= 15 is 0 Å². The van der Waals surface area contributed by atoms with E-state index in [2.05, 4.69) is 27.7 Å². The van der Waals surface area contributed by atoms with Crippen molar-refractivity contribution in [1.29, 1.82) is 0 Å². The van der Waals surface area contributed by atoms with Gasteiger partial charge in [0.2, 0.25) is 0 Å². The molecule has 0 saturated heterocycles. The SMILES string of the molecule is CCC1CCC(C(C)(C)CC(C)Cl)CC1. The highest BCUT2D eigenvalue weighted by atomic mass is 35.5. The van der Waals surface area contributed by atoms with Crippen LogP contribution in [0.5, 0.6) is 0 Å². The maximum atomic E-state index is 6.14. The molecule has 0 aromatic rings. The molecule has 0 aromatic carbocycles. The Hall–Kier alpha value is 0.290. The van der Waals surface area contributed by atoms with Crippen molar-refractivity contribution in [3.05, 3.63) is 0 Å². The summed E-state index contributed by atoms with van der Waals surface area (Å²) in [5.74, 6) is 1.91. The highest BCUT2D eigenvalue weighted by Crippen LogP contribution is 2.43. The van der Waals surface area contributed by atoms with Gasteiger partial charge >= 0.3 is 0 Å². The van der Waals surface area contributed by atoms with Crippen molar-refractivity contribution in [2.45, 2.75) is 71.6 Å². The third-order valence-corrected chi connectivity index (χ3v) is 4.49. The molecule has 0 aromatic heterocycles. The van der Waals surface area contributed by atoms with E-state index in [-0.39, 0.29) is 0 Å². The zero-order chi connectivity index (χ0) is 11.5. The molecule has 0 N–H and O–H groups in total. The molecule has 0 nitrogen and oxygen atoms in total. The molecule has 0 radical (unpaired) electrons. The third-order valence-electron chi connectivity index (χ3n) is 4.34. The smallest absolute Gasteiger partial charge is 0.0313 e. The Kier molecular flexibility index (Phi) is 4.96. The Morgan fingerprint density at radius 2 is 1.73 bits per heavy atom. The normalized spacial score (nSPS) is 30.2. The first-order valence-electron chi connectivity index (χ1n) is 6.59. The van der Waals surface area contributed by atoms with Crippen LogP contribution in [-0.2, 0) is 0 Å². The zero-order valence-corrected chi connectivity index (χ0v) is 11.6. The van der Waals surface area contributed by atoms with Gasteiger partial charge in [-0.25, -0.2) is 0 Å². The Morgan fingerprint density at radius 1 is 1.20 bits per heavy atom. The van der Waals surface area contributed by atoms with Crippen LogP contribution in [0.2, 0.25) is 0 Å². The third kappa shape index (κ3) is 3.98. The van der Waals surface area contributed by atoms with Crippen LogP contribution < -0.4 is 0 Å². The van der Waals surface area contributed by atoms with Crippen LogP contribution in [0, 0.1) is 17.3 Å². The highest BCUT2D eigenvalue weighted by Gasteiger charge is 2.33. The van der Waals surface area contributed by atoms with Gasteiger partial charge in [0, 0.05) is 5.38 Å². The molecule has 1 fully saturated rings. The predicted molar refractivity (Wildman–Crippen MR) is 69.5 cm³/mol. The van der Waals surface area contributed by atoms with Gasteiger partial charge in [-0.05, 0) is 43.4 Å². The topological polar surface area (TPSA) is 0 Å². The van der Waals surface area contributed by atoms with Gasteiger partial charge < -0.3 is 0 Å². The predicted octanol–water partition coefficient (Wildman–Crippen LogP) is 5.25. The fraction of sp³-hybridized carbons (Fsp3) is 1.00. The van der Waals surface area contributed by atoms with Crippen molar-refractivity contribution >= 4 is 11.6 Å². The number of hydrogen-bond donors (Lipinski definition) is 0. The maximum Gasteiger partial charge on any atom is 0.0313 e. The van der Waals surface area contributed by atoms with Crippen LogP contribution in [0.4, 0.5) is 0 Å². The van der Waals surface area contributed by atoms with Crippen molar-refractivity contribution in [2.75, 3.05) is 0 Å². The van der Waals surface area contributed by atoms with Gasteiger partial charge in [0.15, 0.2) is 0 Å². The molecule has 1 aliphatic rings. The first kappa shape index (κ1) is 13.4. The maximum absolute atomic E-state index is 6.14. The van der Waals surface area contributed by atoms with Crippen LogP contribution in [-0.4, -0.2) is 5.38 Å². The van der Waals surface area contributed by atoms with E-state index in [1.54, 1.807) is 0 Å². The monoisotopic (exact) mass is 230 g/mol. The van der Waals surface area contributed by atoms with Crippen molar-refractivity contribution in [2.24, 2.45) is 17.3 Å². The van der Waals surface area contributed by atoms with Crippen LogP contribution in [0.1, 0.15) is 66.2 Å². The average molecular weight is 231 g/mol. The second kappa shape index (κ2) is 5.57. The van der Waals surface area contributed by atoms with Crippen LogP contribution in [0.3, 0.4) is 0 Å². The Bertz CT molecular complexity index is 176. The minimum absolute atomic E-state index is 0.323. The first-order chi connectivity index (χ1) is 6.95. The number of halogens is 1. The van der Waals surface area contributed by atoms with Gasteiger partial charge in [-0.15, -0.1) is 11.6 Å². The molecule has 1 rings (SSSR count). The summed E-state index contributed by atoms with van der Waals surface area (Å²) in [5, 5.41) is 0.323. The molecule has 90 valence electrons. The fourth-order valence-electron chi connectivity index (χ4n) is 3.24. The summed E-state index contributed by atoms with van der Waals surface area (Å²) in [4.78, 5) is 0. The summed E-state index contributed by atoms with van der Waals surface area (Å²) in [5.41, 5.74) is 0.444. The van der Waals surface area contributed by atoms with Gasteiger partial charge in [0.1, 0.15) is 0 Å². The van der Waals surface area contributed by atoms with Crippen molar-refractivity contribution < 1.29 is 0 Å². The van der Waals surface area contributed by atoms with E-state index in [1.807, 2.05) is 0 Å². The molecule has 0 spiro atoms. The fourth-order valence-corrected chi connectivity index (χ4v) is 3.64. The van der Waals surface area contributed by atoms with E-state index < -0.39 is 0 Å². The largest absolute Gasteiger partial charge is 0.123 e. The summed E-state index contributed by atoms with van der Waals surface area (Å²) in [7, 11) is 0. The Morgan fingerprint density at radius 3 is 2.13 bits per heavy atom. The van der Waals surface area contributed by atoms with Gasteiger partial charge in [-0.3, -0.25) is 0 Å². The molecule has 0 amide bonds. The summed E-state index contributed by atoms with van der Waals surface area (Å²) in [6.45, 7) is 9.27. The van der Waals surface area contributed by atoms with E-state index in [0.717, 1.165) is 18.3 Å². The first-order valence-corrected chi connectivity index (χ1v) is 7.03. The number of alkyl halides is 1. The minimum Gasteiger partial charge on any atom is -0.123 e. The summed E-state index contributed by atoms with van der Waals surface area (Å²) in [6, 6.07) is 0. The van der Waals surface area contributed by atoms with Gasteiger partial charge in [-0.1, -0.05) is 40.0 Å². The molecule has 1 atom stereocenters. The van der Waals surface area contributed by atoms with E-state index in [9.17, 15) is 0 Å². The lowest BCUT2D eigenvalue weighted by molar-refractivity contribution is 0.122. The van der Waals surface area contributed by atoms with E-state index in [1.165, 1.54) is 32.1 Å². The molecule has 0 bridgehead atoms. The summed E-state index contributed by atoms with van der Waals surface area (Å²) < 4.78 is 0. The molecule has 1 aliphatic carbocycles. The second-order valence-electron chi connectivity index (χ2n) is 6.10. The molecule has 1 heteroatoms. The lowest BCUT2D eigenvalue weighted by Gasteiger charge is -2.40. The average Bonchev–Trinajstić information content (AvgIpc) is 2.16. The summed E-state index contributed by atoms with van der Waals surface area (Å²) >= 11 is 6.14. The lowest BCUT2D eigenvalue weighted by atomic mass is 9.66. The second-order valence-corrected chi connectivity index (χ2v) is 6.84. The van der Waals surface area contributed by atoms with E-state index in [0.29, 0.717) is 10.8 Å². The summed E-state index contributed by atoms with van der Waals surface area (Å²) in [6.07, 6.45) is 8.28. The van der Waals surface area contributed by atoms with Crippen LogP contribution >= 0.6 is 11.6 Å². The highest BCUT2D eigenvalue weighted by molar-refractivity contribution is 6.20. The number of hydrogen-bond acceptors (Lipinski definition) is 0. The molecule has 0 heterocycles. The van der Waals surface area contributed by atoms with Crippen LogP contribution in [0.15, 0.2) is 0 Å². The van der Waals surface area contributed by atoms with Gasteiger partial charge in [0.05, 0.1) is 0 Å². The Balaban J connectivity index is 2.44. The molecule has 15 heavy (non-hydrogen) atoms. The molecule has 0 aliphatic heterocycles.